The molecule has 1 heteroatoms. The number of hydrogen-bond donors (Lipinski definition) is 0. The predicted octanol–water partition coefficient (Wildman–Crippen LogP) is 3.47. The van der Waals surface area contributed by atoms with Gasteiger partial charge >= 0.3 is 0 Å². The van der Waals surface area contributed by atoms with Crippen molar-refractivity contribution in [3.05, 3.63) is 33.4 Å². The van der Waals surface area contributed by atoms with E-state index in [4.69, 9.17) is 6.42 Å². The summed E-state index contributed by atoms with van der Waals surface area (Å²) in [5, 5.41) is 0. The Labute approximate surface area is 111 Å². The van der Waals surface area contributed by atoms with Crippen molar-refractivity contribution in [3.8, 4) is 12.3 Å². The second-order valence-electron chi connectivity index (χ2n) is 5.57. The van der Waals surface area contributed by atoms with Crippen molar-refractivity contribution in [2.75, 3.05) is 13.6 Å². The molecule has 0 amide bonds. The Morgan fingerprint density at radius 3 is 2.33 bits per heavy atom. The maximum absolute atomic E-state index is 5.45. The molecule has 0 N–H and O–H groups in total. The van der Waals surface area contributed by atoms with Gasteiger partial charge in [0.2, 0.25) is 0 Å². The fraction of sp³-hybridized carbons (Fsp3) is 0.529. The summed E-state index contributed by atoms with van der Waals surface area (Å²) in [7, 11) is 2.14. The van der Waals surface area contributed by atoms with E-state index in [-0.39, 0.29) is 0 Å². The van der Waals surface area contributed by atoms with Crippen LogP contribution in [-0.4, -0.2) is 18.5 Å². The third kappa shape index (κ3) is 1.85. The van der Waals surface area contributed by atoms with Gasteiger partial charge in [0.05, 0.1) is 6.54 Å². The zero-order chi connectivity index (χ0) is 13.4. The summed E-state index contributed by atoms with van der Waals surface area (Å²) in [5.41, 5.74) is 9.00. The summed E-state index contributed by atoms with van der Waals surface area (Å²) in [5.74, 6) is 2.76. The molecule has 0 unspecified atom stereocenters. The van der Waals surface area contributed by atoms with Crippen molar-refractivity contribution in [2.45, 2.75) is 46.6 Å². The van der Waals surface area contributed by atoms with Crippen molar-refractivity contribution >= 4 is 0 Å². The van der Waals surface area contributed by atoms with Crippen LogP contribution in [0.3, 0.4) is 0 Å². The summed E-state index contributed by atoms with van der Waals surface area (Å²) in [4.78, 5) is 2.31. The molecule has 0 saturated carbocycles. The molecule has 0 aliphatic heterocycles. The molecule has 0 fully saturated rings. The highest BCUT2D eigenvalue weighted by Gasteiger charge is 2.29. The van der Waals surface area contributed by atoms with Crippen LogP contribution < -0.4 is 0 Å². The van der Waals surface area contributed by atoms with Crippen LogP contribution in [0.15, 0.2) is 0 Å². The molecular formula is C17H23N. The fourth-order valence-electron chi connectivity index (χ4n) is 3.31. The largest absolute Gasteiger partial charge is 0.288 e. The molecule has 0 spiro atoms. The van der Waals surface area contributed by atoms with Gasteiger partial charge in [-0.25, -0.2) is 0 Å². The third-order valence-electron chi connectivity index (χ3n) is 4.74. The van der Waals surface area contributed by atoms with E-state index in [9.17, 15) is 0 Å². The van der Waals surface area contributed by atoms with Crippen LogP contribution in [0.4, 0.5) is 0 Å². The molecule has 1 aromatic carbocycles. The monoisotopic (exact) mass is 241 g/mol. The minimum absolute atomic E-state index is 0.508. The highest BCUT2D eigenvalue weighted by molar-refractivity contribution is 5.53. The van der Waals surface area contributed by atoms with Crippen LogP contribution in [-0.2, 0) is 6.42 Å². The Morgan fingerprint density at radius 2 is 1.72 bits per heavy atom. The summed E-state index contributed by atoms with van der Waals surface area (Å²) in [6.07, 6.45) is 7.85. The van der Waals surface area contributed by atoms with Crippen molar-refractivity contribution in [1.29, 1.82) is 0 Å². The zero-order valence-electron chi connectivity index (χ0n) is 12.2. The number of nitrogens with zero attached hydrogens (tertiary/aromatic N) is 1. The molecule has 1 aliphatic rings. The zero-order valence-corrected chi connectivity index (χ0v) is 12.2. The van der Waals surface area contributed by atoms with Gasteiger partial charge in [-0.2, -0.15) is 0 Å². The standard InChI is InChI=1S/C17H23N/c1-7-10-18(6)16-9-8-15-13(4)11(2)12(3)14(5)17(15)16/h1,16H,8-10H2,2-6H3/t16-/m1/s1. The fourth-order valence-corrected chi connectivity index (χ4v) is 3.31. The first-order valence-corrected chi connectivity index (χ1v) is 6.71. The lowest BCUT2D eigenvalue weighted by atomic mass is 9.89. The van der Waals surface area contributed by atoms with Gasteiger partial charge in [-0.05, 0) is 81.0 Å². The van der Waals surface area contributed by atoms with E-state index >= 15 is 0 Å². The molecule has 1 aromatic rings. The van der Waals surface area contributed by atoms with Gasteiger partial charge in [-0.15, -0.1) is 6.42 Å². The molecule has 18 heavy (non-hydrogen) atoms. The van der Waals surface area contributed by atoms with Crippen LogP contribution in [0.5, 0.6) is 0 Å². The number of hydrogen-bond acceptors (Lipinski definition) is 1. The Bertz CT molecular complexity index is 520. The molecule has 2 rings (SSSR count). The van der Waals surface area contributed by atoms with E-state index < -0.39 is 0 Å². The van der Waals surface area contributed by atoms with Gasteiger partial charge in [0.15, 0.2) is 0 Å². The number of rotatable bonds is 2. The van der Waals surface area contributed by atoms with Gasteiger partial charge in [-0.1, -0.05) is 5.92 Å². The molecular weight excluding hydrogens is 218 g/mol. The molecule has 0 aromatic heterocycles. The van der Waals surface area contributed by atoms with Crippen LogP contribution in [0, 0.1) is 40.0 Å². The lowest BCUT2D eigenvalue weighted by molar-refractivity contribution is 0.273. The van der Waals surface area contributed by atoms with Crippen LogP contribution >= 0.6 is 0 Å². The van der Waals surface area contributed by atoms with E-state index in [2.05, 4.69) is 45.6 Å². The lowest BCUT2D eigenvalue weighted by Gasteiger charge is -2.26. The first-order valence-electron chi connectivity index (χ1n) is 6.71. The highest BCUT2D eigenvalue weighted by Crippen LogP contribution is 2.41. The van der Waals surface area contributed by atoms with Crippen molar-refractivity contribution in [3.63, 3.8) is 0 Å². The van der Waals surface area contributed by atoms with Crippen LogP contribution in [0.2, 0.25) is 0 Å². The van der Waals surface area contributed by atoms with Gasteiger partial charge in [0, 0.05) is 6.04 Å². The van der Waals surface area contributed by atoms with Gasteiger partial charge in [0.1, 0.15) is 0 Å². The second kappa shape index (κ2) is 4.78. The summed E-state index contributed by atoms with van der Waals surface area (Å²) < 4.78 is 0. The summed E-state index contributed by atoms with van der Waals surface area (Å²) in [6, 6.07) is 0.508. The first-order chi connectivity index (χ1) is 8.49. The molecule has 0 heterocycles. The molecule has 1 nitrogen and oxygen atoms in total. The topological polar surface area (TPSA) is 3.24 Å². The number of fused-ring (bicyclic) bond motifs is 1. The minimum Gasteiger partial charge on any atom is -0.288 e. The van der Waals surface area contributed by atoms with E-state index in [1.165, 1.54) is 35.1 Å². The molecule has 0 radical (unpaired) electrons. The number of benzene rings is 1. The van der Waals surface area contributed by atoms with E-state index in [0.717, 1.165) is 6.54 Å². The Hall–Kier alpha value is -1.26. The maximum Gasteiger partial charge on any atom is 0.0601 e. The molecule has 1 aliphatic carbocycles. The van der Waals surface area contributed by atoms with Crippen molar-refractivity contribution in [2.24, 2.45) is 0 Å². The quantitative estimate of drug-likeness (QED) is 0.717. The summed E-state index contributed by atoms with van der Waals surface area (Å²) in [6.45, 7) is 9.76. The second-order valence-corrected chi connectivity index (χ2v) is 5.57. The smallest absolute Gasteiger partial charge is 0.0601 e. The normalized spacial score (nSPS) is 17.9. The molecule has 96 valence electrons. The van der Waals surface area contributed by atoms with Gasteiger partial charge in [-0.3, -0.25) is 4.90 Å². The Morgan fingerprint density at radius 1 is 1.11 bits per heavy atom. The van der Waals surface area contributed by atoms with Gasteiger partial charge in [0.25, 0.3) is 0 Å². The average molecular weight is 241 g/mol. The maximum atomic E-state index is 5.45. The predicted molar refractivity (Wildman–Crippen MR) is 77.9 cm³/mol. The molecule has 0 saturated heterocycles. The lowest BCUT2D eigenvalue weighted by Crippen LogP contribution is -2.24. The van der Waals surface area contributed by atoms with E-state index in [1.807, 2.05) is 0 Å². The SMILES string of the molecule is C#CCN(C)[C@@H]1CCc2c(C)c(C)c(C)c(C)c21. The van der Waals surface area contributed by atoms with E-state index in [0.29, 0.717) is 6.04 Å². The van der Waals surface area contributed by atoms with Crippen LogP contribution in [0.25, 0.3) is 0 Å². The van der Waals surface area contributed by atoms with Gasteiger partial charge < -0.3 is 0 Å². The Kier molecular flexibility index (Phi) is 3.50. The van der Waals surface area contributed by atoms with Crippen LogP contribution in [0.1, 0.15) is 45.8 Å². The third-order valence-corrected chi connectivity index (χ3v) is 4.74. The average Bonchev–Trinajstić information content (AvgIpc) is 2.79. The molecule has 0 bridgehead atoms. The first kappa shape index (κ1) is 13.2. The minimum atomic E-state index is 0.508. The van der Waals surface area contributed by atoms with Crippen molar-refractivity contribution in [1.82, 2.24) is 4.90 Å². The van der Waals surface area contributed by atoms with Crippen molar-refractivity contribution < 1.29 is 0 Å². The highest BCUT2D eigenvalue weighted by atomic mass is 15.1. The van der Waals surface area contributed by atoms with E-state index in [1.54, 1.807) is 11.1 Å². The Balaban J connectivity index is 2.54. The number of terminal acetylenes is 1. The summed E-state index contributed by atoms with van der Waals surface area (Å²) >= 11 is 0. The molecule has 1 atom stereocenters.